The number of ether oxygens (including phenoxy) is 1. The van der Waals surface area contributed by atoms with Crippen LogP contribution in [-0.2, 0) is 9.53 Å². The van der Waals surface area contributed by atoms with Crippen LogP contribution in [0.3, 0.4) is 0 Å². The van der Waals surface area contributed by atoms with Crippen LogP contribution in [0.15, 0.2) is 57.6 Å². The van der Waals surface area contributed by atoms with Gasteiger partial charge in [0.1, 0.15) is 21.6 Å². The van der Waals surface area contributed by atoms with Crippen molar-refractivity contribution in [2.24, 2.45) is 4.99 Å². The van der Waals surface area contributed by atoms with Crippen LogP contribution in [0, 0.1) is 27.2 Å². The van der Waals surface area contributed by atoms with E-state index in [1.54, 1.807) is 19.1 Å². The van der Waals surface area contributed by atoms with Crippen molar-refractivity contribution in [2.75, 3.05) is 0 Å². The Labute approximate surface area is 195 Å². The van der Waals surface area contributed by atoms with Crippen molar-refractivity contribution in [1.29, 1.82) is 0 Å². The predicted octanol–water partition coefficient (Wildman–Crippen LogP) is 5.72. The summed E-state index contributed by atoms with van der Waals surface area (Å²) in [7, 11) is 0. The normalized spacial score (nSPS) is 14.3. The molecule has 0 N–H and O–H groups in total. The number of nitro benzene ring substituents is 2. The van der Waals surface area contributed by atoms with E-state index in [1.165, 1.54) is 30.3 Å². The maximum atomic E-state index is 12.2. The van der Waals surface area contributed by atoms with E-state index >= 15 is 0 Å². The quantitative estimate of drug-likeness (QED) is 0.194. The van der Waals surface area contributed by atoms with Crippen molar-refractivity contribution >= 4 is 52.5 Å². The van der Waals surface area contributed by atoms with E-state index in [-0.39, 0.29) is 44.3 Å². The molecule has 0 atom stereocenters. The Hall–Kier alpha value is -4.02. The molecule has 2 heterocycles. The molecule has 1 aromatic heterocycles. The lowest BCUT2D eigenvalue weighted by atomic mass is 10.1. The fourth-order valence-corrected chi connectivity index (χ4v) is 3.52. The number of carbonyl (C=O) groups excluding carboxylic acids is 1. The maximum Gasteiger partial charge on any atom is 0.363 e. The fraction of sp³-hybridized carbons (Fsp3) is 0.0476. The number of esters is 1. The number of hydrogen-bond donors (Lipinski definition) is 0. The number of carbonyl (C=O) groups is 1. The summed E-state index contributed by atoms with van der Waals surface area (Å²) in [5.74, 6) is -0.246. The van der Waals surface area contributed by atoms with Crippen LogP contribution in [0.1, 0.15) is 16.9 Å². The summed E-state index contributed by atoms with van der Waals surface area (Å²) < 4.78 is 10.9. The molecule has 12 heteroatoms. The third-order valence-corrected chi connectivity index (χ3v) is 5.29. The standard InChI is InChI=1S/C21H11Cl2N3O7/c1-10-6-17(25(28)29)15(23)9-13(10)19-5-3-12(32-19)8-16-21(27)33-20(24-16)11-2-4-14(22)18(7-11)26(30)31/h2-9H,1H3/b16-8-. The number of nitro groups is 2. The SMILES string of the molecule is Cc1cc([N+](=O)[O-])c(Cl)cc1-c1ccc(/C=C2\N=C(c3ccc(Cl)c([N+](=O)[O-])c3)OC2=O)o1. The van der Waals surface area contributed by atoms with Gasteiger partial charge in [-0.05, 0) is 42.8 Å². The Kier molecular flexibility index (Phi) is 5.71. The Morgan fingerprint density at radius 1 is 0.970 bits per heavy atom. The van der Waals surface area contributed by atoms with E-state index in [0.717, 1.165) is 6.07 Å². The topological polar surface area (TPSA) is 138 Å². The summed E-state index contributed by atoms with van der Waals surface area (Å²) in [4.78, 5) is 37.2. The summed E-state index contributed by atoms with van der Waals surface area (Å²) >= 11 is 11.8. The van der Waals surface area contributed by atoms with Crippen LogP contribution in [0.25, 0.3) is 17.4 Å². The molecule has 0 spiro atoms. The van der Waals surface area contributed by atoms with E-state index < -0.39 is 15.8 Å². The molecule has 0 radical (unpaired) electrons. The Bertz CT molecular complexity index is 1410. The largest absolute Gasteiger partial charge is 0.457 e. The number of hydrogen-bond acceptors (Lipinski definition) is 8. The van der Waals surface area contributed by atoms with Crippen LogP contribution in [-0.4, -0.2) is 21.7 Å². The van der Waals surface area contributed by atoms with Gasteiger partial charge in [-0.3, -0.25) is 20.2 Å². The second kappa shape index (κ2) is 8.49. The molecule has 0 saturated carbocycles. The van der Waals surface area contributed by atoms with Crippen LogP contribution < -0.4 is 0 Å². The summed E-state index contributed by atoms with van der Waals surface area (Å²) in [5, 5.41) is 22.0. The number of furan rings is 1. The predicted molar refractivity (Wildman–Crippen MR) is 119 cm³/mol. The van der Waals surface area contributed by atoms with Gasteiger partial charge in [0.25, 0.3) is 11.4 Å². The molecule has 0 fully saturated rings. The highest BCUT2D eigenvalue weighted by atomic mass is 35.5. The zero-order valence-corrected chi connectivity index (χ0v) is 18.1. The first-order valence-electron chi connectivity index (χ1n) is 9.15. The highest BCUT2D eigenvalue weighted by Gasteiger charge is 2.27. The van der Waals surface area contributed by atoms with Crippen LogP contribution in [0.2, 0.25) is 10.0 Å². The number of aliphatic imine (C=N–C) groups is 1. The van der Waals surface area contributed by atoms with Gasteiger partial charge in [0.05, 0.1) is 9.85 Å². The molecule has 0 unspecified atom stereocenters. The van der Waals surface area contributed by atoms with Gasteiger partial charge in [-0.15, -0.1) is 0 Å². The minimum atomic E-state index is -0.768. The molecular weight excluding hydrogens is 477 g/mol. The van der Waals surface area contributed by atoms with Crippen molar-refractivity contribution in [1.82, 2.24) is 0 Å². The first kappa shape index (κ1) is 22.2. The molecule has 3 aromatic rings. The van der Waals surface area contributed by atoms with E-state index in [0.29, 0.717) is 16.9 Å². The van der Waals surface area contributed by atoms with E-state index in [4.69, 9.17) is 32.4 Å². The van der Waals surface area contributed by atoms with Gasteiger partial charge >= 0.3 is 5.97 Å². The smallest absolute Gasteiger partial charge is 0.363 e. The second-order valence-electron chi connectivity index (χ2n) is 6.84. The summed E-state index contributed by atoms with van der Waals surface area (Å²) in [6, 6.07) is 9.87. The number of aryl methyl sites for hydroxylation is 1. The lowest BCUT2D eigenvalue weighted by molar-refractivity contribution is -0.384. The van der Waals surface area contributed by atoms with Gasteiger partial charge in [0, 0.05) is 29.3 Å². The number of cyclic esters (lactones) is 1. The molecule has 1 aliphatic rings. The van der Waals surface area contributed by atoms with Crippen LogP contribution in [0.4, 0.5) is 11.4 Å². The molecule has 4 rings (SSSR count). The molecule has 10 nitrogen and oxygen atoms in total. The van der Waals surface area contributed by atoms with Gasteiger partial charge in [-0.2, -0.15) is 0 Å². The first-order valence-corrected chi connectivity index (χ1v) is 9.91. The minimum absolute atomic E-state index is 0.0393. The van der Waals surface area contributed by atoms with Crippen molar-refractivity contribution in [3.8, 4) is 11.3 Å². The van der Waals surface area contributed by atoms with E-state index in [1.807, 2.05) is 0 Å². The number of benzene rings is 2. The molecule has 0 aliphatic carbocycles. The third-order valence-electron chi connectivity index (χ3n) is 4.67. The highest BCUT2D eigenvalue weighted by Crippen LogP contribution is 2.35. The average Bonchev–Trinajstić information content (AvgIpc) is 3.36. The molecule has 33 heavy (non-hydrogen) atoms. The van der Waals surface area contributed by atoms with Crippen LogP contribution in [0.5, 0.6) is 0 Å². The summed E-state index contributed by atoms with van der Waals surface area (Å²) in [6.07, 6.45) is 1.34. The molecule has 1 aliphatic heterocycles. The molecule has 2 aromatic carbocycles. The minimum Gasteiger partial charge on any atom is -0.457 e. The number of rotatable bonds is 5. The van der Waals surface area contributed by atoms with Crippen molar-refractivity contribution in [3.05, 3.63) is 95.3 Å². The third kappa shape index (κ3) is 4.34. The van der Waals surface area contributed by atoms with Gasteiger partial charge in [0.2, 0.25) is 5.90 Å². The molecule has 0 bridgehead atoms. The van der Waals surface area contributed by atoms with Gasteiger partial charge in [0.15, 0.2) is 5.70 Å². The molecule has 166 valence electrons. The lowest BCUT2D eigenvalue weighted by Crippen LogP contribution is -2.06. The van der Waals surface area contributed by atoms with Gasteiger partial charge in [-0.1, -0.05) is 23.2 Å². The summed E-state index contributed by atoms with van der Waals surface area (Å²) in [6.45, 7) is 1.68. The average molecular weight is 488 g/mol. The van der Waals surface area contributed by atoms with Crippen molar-refractivity contribution < 1.29 is 23.8 Å². The van der Waals surface area contributed by atoms with Gasteiger partial charge < -0.3 is 9.15 Å². The Balaban J connectivity index is 1.65. The number of halogens is 2. The first-order chi connectivity index (χ1) is 15.6. The fourth-order valence-electron chi connectivity index (χ4n) is 3.10. The van der Waals surface area contributed by atoms with Gasteiger partial charge in [-0.25, -0.2) is 9.79 Å². The van der Waals surface area contributed by atoms with E-state index in [2.05, 4.69) is 4.99 Å². The highest BCUT2D eigenvalue weighted by molar-refractivity contribution is 6.33. The van der Waals surface area contributed by atoms with Crippen molar-refractivity contribution in [2.45, 2.75) is 6.92 Å². The second-order valence-corrected chi connectivity index (χ2v) is 7.65. The molecule has 0 amide bonds. The lowest BCUT2D eigenvalue weighted by Gasteiger charge is -2.04. The van der Waals surface area contributed by atoms with Crippen molar-refractivity contribution in [3.63, 3.8) is 0 Å². The monoisotopic (exact) mass is 487 g/mol. The molecule has 0 saturated heterocycles. The zero-order valence-electron chi connectivity index (χ0n) is 16.6. The maximum absolute atomic E-state index is 12.2. The Morgan fingerprint density at radius 2 is 1.67 bits per heavy atom. The van der Waals surface area contributed by atoms with E-state index in [9.17, 15) is 25.0 Å². The van der Waals surface area contributed by atoms with Crippen LogP contribution >= 0.6 is 23.2 Å². The summed E-state index contributed by atoms with van der Waals surface area (Å²) in [5.41, 5.74) is 0.676. The zero-order chi connectivity index (χ0) is 23.9. The molecular formula is C21H11Cl2N3O7. The Morgan fingerprint density at radius 3 is 2.36 bits per heavy atom. The number of nitrogens with zero attached hydrogens (tertiary/aromatic N) is 3.